The molecule has 0 saturated heterocycles. The molecule has 25 heavy (non-hydrogen) atoms. The molecule has 0 atom stereocenters. The quantitative estimate of drug-likeness (QED) is 0.592. The van der Waals surface area contributed by atoms with Crippen LogP contribution in [0, 0.1) is 0 Å². The van der Waals surface area contributed by atoms with Gasteiger partial charge in [0, 0.05) is 36.2 Å². The van der Waals surface area contributed by atoms with Crippen molar-refractivity contribution in [2.45, 2.75) is 0 Å². The third-order valence-electron chi connectivity index (χ3n) is 4.23. The minimum absolute atomic E-state index is 0.751. The molecule has 2 N–H and O–H groups in total. The Morgan fingerprint density at radius 3 is 2.76 bits per heavy atom. The van der Waals surface area contributed by atoms with Crippen LogP contribution >= 0.6 is 0 Å². The second-order valence-corrected chi connectivity index (χ2v) is 6.07. The molecule has 0 radical (unpaired) electrons. The number of aromatic amines is 1. The van der Waals surface area contributed by atoms with Crippen LogP contribution in [0.1, 0.15) is 0 Å². The van der Waals surface area contributed by atoms with Crippen LogP contribution in [-0.2, 0) is 0 Å². The van der Waals surface area contributed by atoms with E-state index >= 15 is 0 Å². The van der Waals surface area contributed by atoms with Crippen LogP contribution in [0.3, 0.4) is 0 Å². The zero-order valence-corrected chi connectivity index (χ0v) is 14.4. The summed E-state index contributed by atoms with van der Waals surface area (Å²) in [7, 11) is 5.70. The molecule has 6 heteroatoms. The van der Waals surface area contributed by atoms with Crippen LogP contribution in [0.2, 0.25) is 0 Å². The van der Waals surface area contributed by atoms with Crippen LogP contribution in [0.25, 0.3) is 21.8 Å². The number of rotatable bonds is 4. The van der Waals surface area contributed by atoms with E-state index in [0.717, 1.165) is 44.7 Å². The Morgan fingerprint density at radius 1 is 1.08 bits per heavy atom. The number of ether oxygens (including phenoxy) is 1. The number of aromatic nitrogens is 3. The van der Waals surface area contributed by atoms with Gasteiger partial charge in [0.05, 0.1) is 18.8 Å². The van der Waals surface area contributed by atoms with Gasteiger partial charge in [-0.2, -0.15) is 5.10 Å². The van der Waals surface area contributed by atoms with Crippen molar-refractivity contribution in [3.8, 4) is 5.75 Å². The fourth-order valence-electron chi connectivity index (χ4n) is 2.89. The SMILES string of the molecule is COc1ccc2nc(Nc3cccc(N(C)C)c3)c3[nH]ncc3c2c1. The Kier molecular flexibility index (Phi) is 3.65. The summed E-state index contributed by atoms with van der Waals surface area (Å²) in [6, 6.07) is 14.1. The molecule has 0 saturated carbocycles. The van der Waals surface area contributed by atoms with Crippen LogP contribution in [0.5, 0.6) is 5.75 Å². The van der Waals surface area contributed by atoms with Crippen LogP contribution < -0.4 is 15.0 Å². The lowest BCUT2D eigenvalue weighted by Crippen LogP contribution is -2.08. The lowest BCUT2D eigenvalue weighted by Gasteiger charge is -2.15. The summed E-state index contributed by atoms with van der Waals surface area (Å²) >= 11 is 0. The fraction of sp³-hybridized carbons (Fsp3) is 0.158. The molecule has 0 unspecified atom stereocenters. The van der Waals surface area contributed by atoms with Gasteiger partial charge >= 0.3 is 0 Å². The van der Waals surface area contributed by atoms with Crippen LogP contribution in [0.4, 0.5) is 17.2 Å². The predicted molar refractivity (Wildman–Crippen MR) is 102 cm³/mol. The molecule has 0 aliphatic rings. The highest BCUT2D eigenvalue weighted by Crippen LogP contribution is 2.32. The summed E-state index contributed by atoms with van der Waals surface area (Å²) in [5.41, 5.74) is 3.86. The first-order valence-corrected chi connectivity index (χ1v) is 8.01. The van der Waals surface area contributed by atoms with Gasteiger partial charge < -0.3 is 15.0 Å². The normalized spacial score (nSPS) is 11.0. The van der Waals surface area contributed by atoms with E-state index in [4.69, 9.17) is 9.72 Å². The molecule has 0 aliphatic heterocycles. The molecule has 2 aromatic heterocycles. The second kappa shape index (κ2) is 5.98. The number of benzene rings is 2. The van der Waals surface area contributed by atoms with Gasteiger partial charge in [-0.25, -0.2) is 4.98 Å². The average molecular weight is 333 g/mol. The summed E-state index contributed by atoms with van der Waals surface area (Å²) in [5.74, 6) is 1.55. The van der Waals surface area contributed by atoms with Crippen molar-refractivity contribution in [3.63, 3.8) is 0 Å². The lowest BCUT2D eigenvalue weighted by molar-refractivity contribution is 0.415. The van der Waals surface area contributed by atoms with Gasteiger partial charge in [0.25, 0.3) is 0 Å². The summed E-state index contributed by atoms with van der Waals surface area (Å²) in [5, 5.41) is 12.7. The molecule has 0 spiro atoms. The van der Waals surface area contributed by atoms with Gasteiger partial charge in [0.15, 0.2) is 5.82 Å². The van der Waals surface area contributed by atoms with Crippen LogP contribution in [-0.4, -0.2) is 36.4 Å². The molecular weight excluding hydrogens is 314 g/mol. The maximum atomic E-state index is 5.33. The third kappa shape index (κ3) is 2.71. The Hall–Kier alpha value is -3.28. The number of hydrogen-bond acceptors (Lipinski definition) is 5. The van der Waals surface area contributed by atoms with Gasteiger partial charge in [-0.15, -0.1) is 0 Å². The first-order chi connectivity index (χ1) is 12.2. The first-order valence-electron chi connectivity index (χ1n) is 8.01. The van der Waals surface area contributed by atoms with E-state index in [1.807, 2.05) is 50.6 Å². The third-order valence-corrected chi connectivity index (χ3v) is 4.23. The molecule has 4 rings (SSSR count). The van der Waals surface area contributed by atoms with E-state index in [0.29, 0.717) is 0 Å². The average Bonchev–Trinajstić information content (AvgIpc) is 3.12. The summed E-state index contributed by atoms with van der Waals surface area (Å²) in [6.45, 7) is 0. The Morgan fingerprint density at radius 2 is 1.96 bits per heavy atom. The molecular formula is C19H19N5O. The number of fused-ring (bicyclic) bond motifs is 3. The van der Waals surface area contributed by atoms with Crippen molar-refractivity contribution in [2.24, 2.45) is 0 Å². The molecule has 2 heterocycles. The molecule has 126 valence electrons. The molecule has 6 nitrogen and oxygen atoms in total. The lowest BCUT2D eigenvalue weighted by atomic mass is 10.1. The number of methoxy groups -OCH3 is 1. The van der Waals surface area contributed by atoms with Crippen molar-refractivity contribution in [1.82, 2.24) is 15.2 Å². The molecule has 0 amide bonds. The zero-order valence-electron chi connectivity index (χ0n) is 14.4. The van der Waals surface area contributed by atoms with Gasteiger partial charge in [-0.05, 0) is 36.4 Å². The van der Waals surface area contributed by atoms with Crippen molar-refractivity contribution in [2.75, 3.05) is 31.4 Å². The standard InChI is InChI=1S/C19H19N5O/c1-24(2)13-6-4-5-12(9-13)21-19-18-16(11-20-23-18)15-10-14(25-3)7-8-17(15)22-19/h4-11H,1-3H3,(H,20,23)(H,21,22). The molecule has 0 bridgehead atoms. The molecule has 4 aromatic rings. The number of hydrogen-bond donors (Lipinski definition) is 2. The van der Waals surface area contributed by atoms with Crippen LogP contribution in [0.15, 0.2) is 48.7 Å². The highest BCUT2D eigenvalue weighted by Gasteiger charge is 2.11. The number of nitrogens with one attached hydrogen (secondary N) is 2. The number of nitrogens with zero attached hydrogens (tertiary/aromatic N) is 3. The van der Waals surface area contributed by atoms with E-state index in [-0.39, 0.29) is 0 Å². The Labute approximate surface area is 145 Å². The monoisotopic (exact) mass is 333 g/mol. The summed E-state index contributed by atoms with van der Waals surface area (Å²) in [6.07, 6.45) is 1.82. The van der Waals surface area contributed by atoms with E-state index < -0.39 is 0 Å². The van der Waals surface area contributed by atoms with Gasteiger partial charge in [-0.3, -0.25) is 5.10 Å². The fourth-order valence-corrected chi connectivity index (χ4v) is 2.89. The Bertz CT molecular complexity index is 1050. The zero-order chi connectivity index (χ0) is 17.4. The van der Waals surface area contributed by atoms with Crippen molar-refractivity contribution < 1.29 is 4.74 Å². The number of anilines is 3. The van der Waals surface area contributed by atoms with Crippen molar-refractivity contribution in [3.05, 3.63) is 48.7 Å². The van der Waals surface area contributed by atoms with Gasteiger partial charge in [0.1, 0.15) is 11.3 Å². The van der Waals surface area contributed by atoms with E-state index in [1.165, 1.54) is 0 Å². The van der Waals surface area contributed by atoms with E-state index in [9.17, 15) is 0 Å². The summed E-state index contributed by atoms with van der Waals surface area (Å²) < 4.78 is 5.33. The maximum Gasteiger partial charge on any atom is 0.157 e. The molecule has 2 aromatic carbocycles. The second-order valence-electron chi connectivity index (χ2n) is 6.07. The largest absolute Gasteiger partial charge is 0.497 e. The minimum Gasteiger partial charge on any atom is -0.497 e. The Balaban J connectivity index is 1.84. The van der Waals surface area contributed by atoms with E-state index in [1.54, 1.807) is 7.11 Å². The molecule has 0 aliphatic carbocycles. The van der Waals surface area contributed by atoms with Gasteiger partial charge in [0.2, 0.25) is 0 Å². The highest BCUT2D eigenvalue weighted by molar-refractivity contribution is 6.09. The topological polar surface area (TPSA) is 66.1 Å². The minimum atomic E-state index is 0.751. The van der Waals surface area contributed by atoms with E-state index in [2.05, 4.69) is 32.5 Å². The smallest absolute Gasteiger partial charge is 0.157 e. The summed E-state index contributed by atoms with van der Waals surface area (Å²) in [4.78, 5) is 6.84. The van der Waals surface area contributed by atoms with Crippen molar-refractivity contribution in [1.29, 1.82) is 0 Å². The van der Waals surface area contributed by atoms with Gasteiger partial charge in [-0.1, -0.05) is 6.07 Å². The first kappa shape index (κ1) is 15.3. The highest BCUT2D eigenvalue weighted by atomic mass is 16.5. The number of pyridine rings is 1. The van der Waals surface area contributed by atoms with Crippen molar-refractivity contribution >= 4 is 39.0 Å². The predicted octanol–water partition coefficient (Wildman–Crippen LogP) is 3.93. The maximum absolute atomic E-state index is 5.33. The number of H-pyrrole nitrogens is 1. The molecule has 0 fully saturated rings.